The van der Waals surface area contributed by atoms with E-state index in [2.05, 4.69) is 6.92 Å². The second-order valence-electron chi connectivity index (χ2n) is 8.95. The third kappa shape index (κ3) is 1.61. The van der Waals surface area contributed by atoms with Crippen molar-refractivity contribution in [2.75, 3.05) is 0 Å². The van der Waals surface area contributed by atoms with Crippen molar-refractivity contribution in [2.24, 2.45) is 28.6 Å². The van der Waals surface area contributed by atoms with Gasteiger partial charge in [-0.25, -0.2) is 0 Å². The summed E-state index contributed by atoms with van der Waals surface area (Å²) in [5, 5.41) is 11.5. The fourth-order valence-electron chi connectivity index (χ4n) is 6.78. The van der Waals surface area contributed by atoms with Crippen LogP contribution in [0.25, 0.3) is 0 Å². The lowest BCUT2D eigenvalue weighted by molar-refractivity contribution is -0.197. The molecular weight excluding hydrogens is 276 g/mol. The molecule has 4 aliphatic rings. The van der Waals surface area contributed by atoms with Gasteiger partial charge in [0.1, 0.15) is 11.6 Å². The van der Waals surface area contributed by atoms with Crippen molar-refractivity contribution in [1.29, 1.82) is 0 Å². The Hall–Kier alpha value is -0.700. The number of Topliss-reactive ketones (excluding diaryl/α,β-unsaturated/α-hetero) is 2. The van der Waals surface area contributed by atoms with Crippen LogP contribution < -0.4 is 0 Å². The van der Waals surface area contributed by atoms with E-state index in [9.17, 15) is 14.7 Å². The van der Waals surface area contributed by atoms with Gasteiger partial charge >= 0.3 is 0 Å². The van der Waals surface area contributed by atoms with Gasteiger partial charge in [0, 0.05) is 19.3 Å². The highest BCUT2D eigenvalue weighted by Crippen LogP contribution is 2.66. The van der Waals surface area contributed by atoms with E-state index < -0.39 is 11.0 Å². The van der Waals surface area contributed by atoms with E-state index in [1.54, 1.807) is 0 Å². The summed E-state index contributed by atoms with van der Waals surface area (Å²) in [4.78, 5) is 24.3. The van der Waals surface area contributed by atoms with Crippen LogP contribution in [0.4, 0.5) is 0 Å². The third-order valence-electron chi connectivity index (χ3n) is 8.38. The van der Waals surface area contributed by atoms with Crippen molar-refractivity contribution in [3.8, 4) is 0 Å². The van der Waals surface area contributed by atoms with E-state index in [0.29, 0.717) is 36.9 Å². The van der Waals surface area contributed by atoms with Crippen molar-refractivity contribution in [3.05, 3.63) is 0 Å². The topological polar surface area (TPSA) is 54.4 Å². The van der Waals surface area contributed by atoms with E-state index in [-0.39, 0.29) is 17.1 Å². The van der Waals surface area contributed by atoms with Gasteiger partial charge in [0.25, 0.3) is 0 Å². The number of hydrogen-bond donors (Lipinski definition) is 1. The first-order chi connectivity index (χ1) is 10.3. The zero-order chi connectivity index (χ0) is 15.8. The van der Waals surface area contributed by atoms with Gasteiger partial charge in [0.15, 0.2) is 0 Å². The molecule has 4 rings (SSSR count). The van der Waals surface area contributed by atoms with Gasteiger partial charge < -0.3 is 5.11 Å². The van der Waals surface area contributed by atoms with Crippen LogP contribution in [-0.4, -0.2) is 22.3 Å². The van der Waals surface area contributed by atoms with Gasteiger partial charge in [0.2, 0.25) is 0 Å². The molecule has 0 amide bonds. The molecule has 22 heavy (non-hydrogen) atoms. The molecule has 0 aliphatic heterocycles. The molecule has 0 spiro atoms. The molecule has 0 aromatic heterocycles. The van der Waals surface area contributed by atoms with Crippen molar-refractivity contribution < 1.29 is 14.7 Å². The van der Waals surface area contributed by atoms with E-state index in [0.717, 1.165) is 38.5 Å². The zero-order valence-electron chi connectivity index (χ0n) is 13.9. The molecule has 4 saturated carbocycles. The fourth-order valence-corrected chi connectivity index (χ4v) is 6.78. The summed E-state index contributed by atoms with van der Waals surface area (Å²) < 4.78 is 0. The SMILES string of the molecule is C[C@@]12CCC(=O)C[C@H]1CC[C@@H]1[C@@H]2CC[C@@]2(C)C(=O)CC[C@@]12O. The average Bonchev–Trinajstić information content (AvgIpc) is 2.72. The number of carbonyl (C=O) groups is 2. The Kier molecular flexibility index (Phi) is 3.00. The molecule has 0 aromatic carbocycles. The molecule has 0 aromatic rings. The van der Waals surface area contributed by atoms with Gasteiger partial charge in [-0.3, -0.25) is 9.59 Å². The van der Waals surface area contributed by atoms with E-state index >= 15 is 0 Å². The summed E-state index contributed by atoms with van der Waals surface area (Å²) in [6.45, 7) is 4.38. The molecule has 0 bridgehead atoms. The summed E-state index contributed by atoms with van der Waals surface area (Å²) in [5.74, 6) is 1.95. The second kappa shape index (κ2) is 4.43. The van der Waals surface area contributed by atoms with Crippen molar-refractivity contribution >= 4 is 11.6 Å². The first kappa shape index (κ1) is 14.9. The number of ketones is 2. The van der Waals surface area contributed by atoms with Crippen LogP contribution >= 0.6 is 0 Å². The Balaban J connectivity index is 1.71. The number of carbonyl (C=O) groups excluding carboxylic acids is 2. The monoisotopic (exact) mass is 304 g/mol. The van der Waals surface area contributed by atoms with E-state index in [4.69, 9.17) is 0 Å². The Morgan fingerprint density at radius 1 is 0.955 bits per heavy atom. The molecule has 0 saturated heterocycles. The van der Waals surface area contributed by atoms with Crippen LogP contribution in [0.15, 0.2) is 0 Å². The molecule has 122 valence electrons. The first-order valence-electron chi connectivity index (χ1n) is 9.09. The standard InChI is InChI=1S/C19H28O3/c1-17-8-5-13(20)11-12(17)3-4-15-14(17)6-9-18(2)16(21)7-10-19(15,18)22/h12,14-15,22H,3-11H2,1-2H3/t12-,14+,15-,17-,18+,19-/m1/s1. The fraction of sp³-hybridized carbons (Fsp3) is 0.895. The molecule has 3 nitrogen and oxygen atoms in total. The maximum atomic E-state index is 12.4. The Labute approximate surface area is 132 Å². The Morgan fingerprint density at radius 2 is 1.73 bits per heavy atom. The van der Waals surface area contributed by atoms with Crippen LogP contribution in [-0.2, 0) is 9.59 Å². The predicted octanol–water partition coefficient (Wildman–Crippen LogP) is 3.28. The van der Waals surface area contributed by atoms with Crippen molar-refractivity contribution in [3.63, 3.8) is 0 Å². The average molecular weight is 304 g/mol. The Bertz CT molecular complexity index is 541. The van der Waals surface area contributed by atoms with Crippen LogP contribution in [0.5, 0.6) is 0 Å². The number of fused-ring (bicyclic) bond motifs is 5. The van der Waals surface area contributed by atoms with Crippen LogP contribution in [0.3, 0.4) is 0 Å². The van der Waals surface area contributed by atoms with Crippen LogP contribution in [0, 0.1) is 28.6 Å². The summed E-state index contributed by atoms with van der Waals surface area (Å²) in [6, 6.07) is 0. The normalized spacial score (nSPS) is 54.6. The van der Waals surface area contributed by atoms with E-state index in [1.807, 2.05) is 6.92 Å². The van der Waals surface area contributed by atoms with Gasteiger partial charge in [-0.2, -0.15) is 0 Å². The van der Waals surface area contributed by atoms with E-state index in [1.165, 1.54) is 0 Å². The molecule has 4 fully saturated rings. The largest absolute Gasteiger partial charge is 0.389 e. The molecule has 0 heterocycles. The smallest absolute Gasteiger partial charge is 0.141 e. The number of hydrogen-bond acceptors (Lipinski definition) is 3. The van der Waals surface area contributed by atoms with Gasteiger partial charge in [-0.05, 0) is 68.6 Å². The van der Waals surface area contributed by atoms with Crippen LogP contribution in [0.2, 0.25) is 0 Å². The molecule has 0 radical (unpaired) electrons. The summed E-state index contributed by atoms with van der Waals surface area (Å²) in [6.07, 6.45) is 7.58. The second-order valence-corrected chi connectivity index (χ2v) is 8.95. The maximum Gasteiger partial charge on any atom is 0.141 e. The molecule has 6 atom stereocenters. The zero-order valence-corrected chi connectivity index (χ0v) is 13.9. The van der Waals surface area contributed by atoms with Crippen molar-refractivity contribution in [2.45, 2.75) is 77.2 Å². The van der Waals surface area contributed by atoms with Crippen molar-refractivity contribution in [1.82, 2.24) is 0 Å². The van der Waals surface area contributed by atoms with Gasteiger partial charge in [0.05, 0.1) is 11.0 Å². The lowest BCUT2D eigenvalue weighted by Gasteiger charge is -2.61. The minimum Gasteiger partial charge on any atom is -0.389 e. The number of aliphatic hydroxyl groups is 1. The van der Waals surface area contributed by atoms with Crippen LogP contribution in [0.1, 0.15) is 71.6 Å². The predicted molar refractivity (Wildman–Crippen MR) is 83.2 cm³/mol. The summed E-state index contributed by atoms with van der Waals surface area (Å²) in [5.41, 5.74) is -1.11. The molecular formula is C19H28O3. The lowest BCUT2D eigenvalue weighted by Crippen LogP contribution is -2.62. The third-order valence-corrected chi connectivity index (χ3v) is 8.38. The highest BCUT2D eigenvalue weighted by Gasteiger charge is 2.67. The molecule has 1 N–H and O–H groups in total. The maximum absolute atomic E-state index is 12.4. The first-order valence-corrected chi connectivity index (χ1v) is 9.09. The highest BCUT2D eigenvalue weighted by molar-refractivity contribution is 5.88. The molecule has 0 unspecified atom stereocenters. The van der Waals surface area contributed by atoms with Gasteiger partial charge in [-0.1, -0.05) is 6.92 Å². The Morgan fingerprint density at radius 3 is 2.50 bits per heavy atom. The minimum absolute atomic E-state index is 0.194. The molecule has 4 aliphatic carbocycles. The summed E-state index contributed by atoms with van der Waals surface area (Å²) >= 11 is 0. The molecule has 3 heteroatoms. The quantitative estimate of drug-likeness (QED) is 0.747. The minimum atomic E-state index is -0.789. The lowest BCUT2D eigenvalue weighted by atomic mass is 9.44. The highest BCUT2D eigenvalue weighted by atomic mass is 16.3. The van der Waals surface area contributed by atoms with Gasteiger partial charge in [-0.15, -0.1) is 0 Å². The number of rotatable bonds is 0. The summed E-state index contributed by atoms with van der Waals surface area (Å²) in [7, 11) is 0.